The molecule has 2 unspecified atom stereocenters. The molecule has 1 aliphatic heterocycles. The van der Waals surface area contributed by atoms with E-state index in [-0.39, 0.29) is 0 Å². The van der Waals surface area contributed by atoms with Crippen LogP contribution in [0.4, 0.5) is 5.69 Å². The maximum absolute atomic E-state index is 2.56. The summed E-state index contributed by atoms with van der Waals surface area (Å²) in [5, 5.41) is 0. The lowest BCUT2D eigenvalue weighted by Crippen LogP contribution is -2.30. The molecule has 0 N–H and O–H groups in total. The number of hydrogen-bond acceptors (Lipinski definition) is 1. The summed E-state index contributed by atoms with van der Waals surface area (Å²) >= 11 is 0. The van der Waals surface area contributed by atoms with Crippen molar-refractivity contribution < 1.29 is 0 Å². The third kappa shape index (κ3) is 3.86. The Labute approximate surface area is 118 Å². The van der Waals surface area contributed by atoms with Crippen LogP contribution in [0.5, 0.6) is 0 Å². The molecule has 0 saturated carbocycles. The minimum atomic E-state index is 0.852. The molecule has 1 aliphatic rings. The lowest BCUT2D eigenvalue weighted by atomic mass is 9.87. The molecule has 0 amide bonds. The average molecular weight is 257 g/mol. The summed E-state index contributed by atoms with van der Waals surface area (Å²) in [6.45, 7) is 9.29. The van der Waals surface area contributed by atoms with E-state index in [9.17, 15) is 0 Å². The van der Waals surface area contributed by atoms with Crippen LogP contribution in [0.1, 0.15) is 45.6 Å². The highest BCUT2D eigenvalue weighted by Gasteiger charge is 2.18. The summed E-state index contributed by atoms with van der Waals surface area (Å²) in [4.78, 5) is 2.56. The van der Waals surface area contributed by atoms with E-state index in [1.54, 1.807) is 0 Å². The molecule has 0 spiro atoms. The van der Waals surface area contributed by atoms with Crippen molar-refractivity contribution in [2.75, 3.05) is 18.0 Å². The lowest BCUT2D eigenvalue weighted by molar-refractivity contribution is 0.322. The number of rotatable bonds is 2. The fourth-order valence-corrected chi connectivity index (χ4v) is 2.89. The van der Waals surface area contributed by atoms with Gasteiger partial charge in [0.2, 0.25) is 0 Å². The summed E-state index contributed by atoms with van der Waals surface area (Å²) in [5.41, 5.74) is 2.68. The van der Waals surface area contributed by atoms with Crippen LogP contribution < -0.4 is 4.90 Å². The highest BCUT2D eigenvalue weighted by Crippen LogP contribution is 2.26. The summed E-state index contributed by atoms with van der Waals surface area (Å²) in [7, 11) is 0. The molecular formula is C18H27N. The molecule has 19 heavy (non-hydrogen) atoms. The normalized spacial score (nSPS) is 25.3. The van der Waals surface area contributed by atoms with Gasteiger partial charge in [-0.3, -0.25) is 0 Å². The van der Waals surface area contributed by atoms with Gasteiger partial charge in [-0.05, 0) is 55.7 Å². The molecule has 1 heteroatoms. The van der Waals surface area contributed by atoms with Gasteiger partial charge in [-0.15, -0.1) is 0 Å². The molecular weight excluding hydrogens is 230 g/mol. The fraction of sp³-hybridized carbons (Fsp3) is 0.556. The Bertz CT molecular complexity index is 404. The molecule has 0 bridgehead atoms. The summed E-state index contributed by atoms with van der Waals surface area (Å²) < 4.78 is 0. The maximum Gasteiger partial charge on any atom is 0.0366 e. The zero-order valence-electron chi connectivity index (χ0n) is 12.6. The highest BCUT2D eigenvalue weighted by molar-refractivity contribution is 5.55. The Hall–Kier alpha value is -1.24. The van der Waals surface area contributed by atoms with Gasteiger partial charge in [-0.1, -0.05) is 38.1 Å². The molecule has 1 aromatic rings. The SMILES string of the molecule is C/C=C/c1ccc(N2CCCC(C)C(C)CC2)cc1. The van der Waals surface area contributed by atoms with Gasteiger partial charge in [-0.2, -0.15) is 0 Å². The predicted octanol–water partition coefficient (Wildman–Crippen LogP) is 4.98. The molecule has 1 heterocycles. The molecule has 0 aliphatic carbocycles. The average Bonchev–Trinajstić information content (AvgIpc) is 2.42. The topological polar surface area (TPSA) is 3.24 Å². The van der Waals surface area contributed by atoms with E-state index in [0.717, 1.165) is 11.8 Å². The number of hydrogen-bond donors (Lipinski definition) is 0. The smallest absolute Gasteiger partial charge is 0.0366 e. The molecule has 1 nitrogen and oxygen atoms in total. The number of nitrogens with zero attached hydrogens (tertiary/aromatic N) is 1. The Balaban J connectivity index is 2.03. The van der Waals surface area contributed by atoms with Gasteiger partial charge in [0, 0.05) is 18.8 Å². The zero-order valence-corrected chi connectivity index (χ0v) is 12.6. The predicted molar refractivity (Wildman–Crippen MR) is 85.5 cm³/mol. The van der Waals surface area contributed by atoms with E-state index in [4.69, 9.17) is 0 Å². The summed E-state index contributed by atoms with van der Waals surface area (Å²) in [6.07, 6.45) is 8.25. The van der Waals surface area contributed by atoms with Crippen LogP contribution in [0.15, 0.2) is 30.3 Å². The van der Waals surface area contributed by atoms with Crippen LogP contribution in [0.3, 0.4) is 0 Å². The first kappa shape index (κ1) is 14.2. The first-order chi connectivity index (χ1) is 9.20. The number of anilines is 1. The van der Waals surface area contributed by atoms with Crippen molar-refractivity contribution in [1.29, 1.82) is 0 Å². The largest absolute Gasteiger partial charge is 0.372 e. The van der Waals surface area contributed by atoms with Crippen molar-refractivity contribution in [3.05, 3.63) is 35.9 Å². The first-order valence-electron chi connectivity index (χ1n) is 7.68. The molecule has 0 aromatic heterocycles. The van der Waals surface area contributed by atoms with Gasteiger partial charge in [-0.25, -0.2) is 0 Å². The van der Waals surface area contributed by atoms with Gasteiger partial charge in [0.15, 0.2) is 0 Å². The minimum absolute atomic E-state index is 0.852. The van der Waals surface area contributed by atoms with Crippen LogP contribution >= 0.6 is 0 Å². The van der Waals surface area contributed by atoms with Crippen molar-refractivity contribution in [1.82, 2.24) is 0 Å². The van der Waals surface area contributed by atoms with E-state index in [0.29, 0.717) is 0 Å². The summed E-state index contributed by atoms with van der Waals surface area (Å²) in [5.74, 6) is 1.74. The fourth-order valence-electron chi connectivity index (χ4n) is 2.89. The number of allylic oxidation sites excluding steroid dienone is 1. The van der Waals surface area contributed by atoms with Crippen molar-refractivity contribution in [3.8, 4) is 0 Å². The molecule has 2 atom stereocenters. The molecule has 1 aromatic carbocycles. The van der Waals surface area contributed by atoms with Crippen molar-refractivity contribution in [2.24, 2.45) is 11.8 Å². The molecule has 1 saturated heterocycles. The third-order valence-corrected chi connectivity index (χ3v) is 4.53. The zero-order chi connectivity index (χ0) is 13.7. The standard InChI is InChI=1S/C18H27N/c1-4-6-17-8-10-18(11-9-17)19-13-5-7-15(2)16(3)12-14-19/h4,6,8-11,15-16H,5,7,12-14H2,1-3H3/b6-4+. The van der Waals surface area contributed by atoms with Gasteiger partial charge in [0.05, 0.1) is 0 Å². The van der Waals surface area contributed by atoms with Gasteiger partial charge < -0.3 is 4.90 Å². The quantitative estimate of drug-likeness (QED) is 0.722. The third-order valence-electron chi connectivity index (χ3n) is 4.53. The van der Waals surface area contributed by atoms with Crippen LogP contribution in [-0.2, 0) is 0 Å². The van der Waals surface area contributed by atoms with E-state index in [1.165, 1.54) is 43.6 Å². The van der Waals surface area contributed by atoms with Gasteiger partial charge in [0.25, 0.3) is 0 Å². The maximum atomic E-state index is 2.56. The highest BCUT2D eigenvalue weighted by atomic mass is 15.1. The second kappa shape index (κ2) is 6.79. The summed E-state index contributed by atoms with van der Waals surface area (Å²) in [6, 6.07) is 8.98. The van der Waals surface area contributed by atoms with Crippen molar-refractivity contribution in [2.45, 2.75) is 40.0 Å². The van der Waals surface area contributed by atoms with Gasteiger partial charge >= 0.3 is 0 Å². The molecule has 2 rings (SSSR count). The van der Waals surface area contributed by atoms with E-state index < -0.39 is 0 Å². The van der Waals surface area contributed by atoms with Crippen molar-refractivity contribution in [3.63, 3.8) is 0 Å². The van der Waals surface area contributed by atoms with E-state index >= 15 is 0 Å². The second-order valence-corrected chi connectivity index (χ2v) is 5.96. The second-order valence-electron chi connectivity index (χ2n) is 5.96. The van der Waals surface area contributed by atoms with Crippen molar-refractivity contribution >= 4 is 11.8 Å². The first-order valence-corrected chi connectivity index (χ1v) is 7.68. The van der Waals surface area contributed by atoms with Crippen LogP contribution in [0.25, 0.3) is 6.08 Å². The molecule has 1 fully saturated rings. The Morgan fingerprint density at radius 1 is 1.00 bits per heavy atom. The van der Waals surface area contributed by atoms with E-state index in [1.807, 2.05) is 0 Å². The van der Waals surface area contributed by atoms with Gasteiger partial charge in [0.1, 0.15) is 0 Å². The molecule has 0 radical (unpaired) electrons. The lowest BCUT2D eigenvalue weighted by Gasteiger charge is -2.32. The Kier molecular flexibility index (Phi) is 5.07. The monoisotopic (exact) mass is 257 g/mol. The van der Waals surface area contributed by atoms with Crippen LogP contribution in [0, 0.1) is 11.8 Å². The Morgan fingerprint density at radius 2 is 1.68 bits per heavy atom. The van der Waals surface area contributed by atoms with Crippen LogP contribution in [0.2, 0.25) is 0 Å². The Morgan fingerprint density at radius 3 is 2.37 bits per heavy atom. The molecule has 104 valence electrons. The number of benzene rings is 1. The van der Waals surface area contributed by atoms with E-state index in [2.05, 4.69) is 62.1 Å². The minimum Gasteiger partial charge on any atom is -0.372 e. The van der Waals surface area contributed by atoms with Crippen LogP contribution in [-0.4, -0.2) is 13.1 Å².